The fraction of sp³-hybridized carbons (Fsp3) is 0.367. The van der Waals surface area contributed by atoms with Gasteiger partial charge in [0.25, 0.3) is 0 Å². The summed E-state index contributed by atoms with van der Waals surface area (Å²) in [5.41, 5.74) is 6.67. The zero-order valence-corrected chi connectivity index (χ0v) is 24.8. The maximum atomic E-state index is 6.56. The Morgan fingerprint density at radius 2 is 1.93 bits per heavy atom. The van der Waals surface area contributed by atoms with Crippen LogP contribution >= 0.6 is 24.8 Å². The van der Waals surface area contributed by atoms with Crippen LogP contribution in [0.2, 0.25) is 0 Å². The van der Waals surface area contributed by atoms with E-state index >= 15 is 0 Å². The normalized spacial score (nSPS) is 15.7. The molecule has 1 fully saturated rings. The quantitative estimate of drug-likeness (QED) is 0.225. The van der Waals surface area contributed by atoms with Gasteiger partial charge in [-0.05, 0) is 51.4 Å². The molecule has 2 aromatic carbocycles. The molecule has 0 amide bonds. The summed E-state index contributed by atoms with van der Waals surface area (Å²) in [5, 5.41) is 8.64. The number of fused-ring (bicyclic) bond motifs is 3. The SMILES string of the molecule is COCc1nc2cnc3cc(-c4c(C)noc4C)c(OC[C@H]4CCNC4)cc3c2n1[C@H](C)c1ccccc1.Cl.Cl. The number of ether oxygens (including phenoxy) is 2. The Balaban J connectivity index is 0.00000185. The molecule has 1 N–H and O–H groups in total. The van der Waals surface area contributed by atoms with Gasteiger partial charge in [0.2, 0.25) is 0 Å². The van der Waals surface area contributed by atoms with E-state index in [-0.39, 0.29) is 30.9 Å². The van der Waals surface area contributed by atoms with Gasteiger partial charge in [0, 0.05) is 30.5 Å². The van der Waals surface area contributed by atoms with Crippen molar-refractivity contribution in [3.63, 3.8) is 0 Å². The van der Waals surface area contributed by atoms with Crippen molar-refractivity contribution in [3.8, 4) is 16.9 Å². The molecule has 0 unspecified atom stereocenters. The lowest BCUT2D eigenvalue weighted by molar-refractivity contribution is 0.174. The van der Waals surface area contributed by atoms with Crippen LogP contribution in [0, 0.1) is 19.8 Å². The van der Waals surface area contributed by atoms with Crippen LogP contribution in [-0.4, -0.2) is 46.5 Å². The van der Waals surface area contributed by atoms with E-state index < -0.39 is 0 Å². The third kappa shape index (κ3) is 5.41. The Morgan fingerprint density at radius 3 is 2.60 bits per heavy atom. The van der Waals surface area contributed by atoms with E-state index in [0.29, 0.717) is 19.1 Å². The minimum Gasteiger partial charge on any atom is -0.493 e. The van der Waals surface area contributed by atoms with Gasteiger partial charge in [-0.1, -0.05) is 35.5 Å². The number of methoxy groups -OCH3 is 1. The number of aromatic nitrogens is 4. The van der Waals surface area contributed by atoms with E-state index in [1.54, 1.807) is 7.11 Å². The molecule has 6 rings (SSSR count). The monoisotopic (exact) mass is 583 g/mol. The van der Waals surface area contributed by atoms with E-state index in [4.69, 9.17) is 24.0 Å². The average molecular weight is 585 g/mol. The topological polar surface area (TPSA) is 87.2 Å². The van der Waals surface area contributed by atoms with Crippen molar-refractivity contribution < 1.29 is 14.0 Å². The lowest BCUT2D eigenvalue weighted by Crippen LogP contribution is -2.16. The molecule has 0 bridgehead atoms. The van der Waals surface area contributed by atoms with Crippen LogP contribution in [0.3, 0.4) is 0 Å². The highest BCUT2D eigenvalue weighted by molar-refractivity contribution is 6.05. The number of halogens is 2. The largest absolute Gasteiger partial charge is 0.493 e. The molecule has 40 heavy (non-hydrogen) atoms. The first-order valence-electron chi connectivity index (χ1n) is 13.2. The average Bonchev–Trinajstić information content (AvgIpc) is 3.66. The number of nitrogens with one attached hydrogen (secondary N) is 1. The molecule has 3 aromatic heterocycles. The standard InChI is InChI=1S/C30H33N5O3.2ClH/c1-18-29(20(3)38-34-18)24-12-25-23(13-27(24)37-16-21-10-11-31-14-21)30-26(15-32-25)33-28(17-36-4)35(30)19(2)22-8-6-5-7-9-22;;/h5-9,12-13,15,19,21,31H,10-11,14,16-17H2,1-4H3;2*1H/t19-,21+;;/m1../s1. The summed E-state index contributed by atoms with van der Waals surface area (Å²) in [6.45, 7) is 9.16. The lowest BCUT2D eigenvalue weighted by Gasteiger charge is -2.20. The number of hydrogen-bond donors (Lipinski definition) is 1. The van der Waals surface area contributed by atoms with Gasteiger partial charge in [0.15, 0.2) is 0 Å². The first-order chi connectivity index (χ1) is 18.5. The van der Waals surface area contributed by atoms with Gasteiger partial charge in [-0.25, -0.2) is 4.98 Å². The number of imidazole rings is 1. The van der Waals surface area contributed by atoms with Gasteiger partial charge in [-0.15, -0.1) is 24.8 Å². The molecule has 0 radical (unpaired) electrons. The van der Waals surface area contributed by atoms with Crippen molar-refractivity contribution in [3.05, 3.63) is 71.5 Å². The molecule has 4 heterocycles. The molecular formula is C30H35Cl2N5O3. The summed E-state index contributed by atoms with van der Waals surface area (Å²) in [5.74, 6) is 2.92. The Bertz CT molecular complexity index is 1580. The third-order valence-corrected chi connectivity index (χ3v) is 7.57. The number of benzene rings is 2. The van der Waals surface area contributed by atoms with E-state index in [9.17, 15) is 0 Å². The van der Waals surface area contributed by atoms with Crippen molar-refractivity contribution in [2.75, 3.05) is 26.8 Å². The van der Waals surface area contributed by atoms with Gasteiger partial charge in [-0.3, -0.25) is 4.98 Å². The van der Waals surface area contributed by atoms with Crippen molar-refractivity contribution in [1.29, 1.82) is 0 Å². The molecule has 0 aliphatic carbocycles. The lowest BCUT2D eigenvalue weighted by atomic mass is 10.00. The molecular weight excluding hydrogens is 549 g/mol. The zero-order valence-electron chi connectivity index (χ0n) is 23.1. The fourth-order valence-corrected chi connectivity index (χ4v) is 5.63. The fourth-order valence-electron chi connectivity index (χ4n) is 5.63. The highest BCUT2D eigenvalue weighted by atomic mass is 35.5. The molecule has 2 atom stereocenters. The Hall–Kier alpha value is -3.17. The molecule has 212 valence electrons. The van der Waals surface area contributed by atoms with Crippen LogP contribution in [-0.2, 0) is 11.3 Å². The molecule has 1 aliphatic rings. The first-order valence-corrected chi connectivity index (χ1v) is 13.2. The summed E-state index contributed by atoms with van der Waals surface area (Å²) in [6.07, 6.45) is 2.97. The van der Waals surface area contributed by atoms with Gasteiger partial charge >= 0.3 is 0 Å². The molecule has 0 spiro atoms. The molecule has 8 nitrogen and oxygen atoms in total. The summed E-state index contributed by atoms with van der Waals surface area (Å²) < 4.78 is 19.9. The Kier molecular flexibility index (Phi) is 9.36. The van der Waals surface area contributed by atoms with Gasteiger partial charge in [-0.2, -0.15) is 0 Å². The second kappa shape index (κ2) is 12.6. The highest BCUT2D eigenvalue weighted by Crippen LogP contribution is 2.40. The molecule has 10 heteroatoms. The van der Waals surface area contributed by atoms with Crippen LogP contribution in [0.5, 0.6) is 5.75 Å². The summed E-state index contributed by atoms with van der Waals surface area (Å²) in [6, 6.07) is 14.8. The van der Waals surface area contributed by atoms with Crippen LogP contribution in [0.1, 0.15) is 42.2 Å². The van der Waals surface area contributed by atoms with E-state index in [0.717, 1.165) is 75.6 Å². The highest BCUT2D eigenvalue weighted by Gasteiger charge is 2.24. The van der Waals surface area contributed by atoms with Crippen molar-refractivity contribution in [2.24, 2.45) is 5.92 Å². The minimum atomic E-state index is 0. The number of hydrogen-bond acceptors (Lipinski definition) is 7. The molecule has 1 aliphatic heterocycles. The van der Waals surface area contributed by atoms with Crippen molar-refractivity contribution in [2.45, 2.75) is 39.8 Å². The predicted octanol–water partition coefficient (Wildman–Crippen LogP) is 6.44. The van der Waals surface area contributed by atoms with Gasteiger partial charge in [0.05, 0.1) is 41.1 Å². The van der Waals surface area contributed by atoms with Crippen molar-refractivity contribution >= 4 is 46.8 Å². The number of rotatable bonds is 8. The number of pyridine rings is 1. The van der Waals surface area contributed by atoms with Crippen LogP contribution < -0.4 is 10.1 Å². The summed E-state index contributed by atoms with van der Waals surface area (Å²) in [4.78, 5) is 9.77. The van der Waals surface area contributed by atoms with Crippen molar-refractivity contribution in [1.82, 2.24) is 25.0 Å². The summed E-state index contributed by atoms with van der Waals surface area (Å²) >= 11 is 0. The molecule has 5 aromatic rings. The Morgan fingerprint density at radius 1 is 1.12 bits per heavy atom. The van der Waals surface area contributed by atoms with Crippen LogP contribution in [0.15, 0.2) is 53.2 Å². The second-order valence-electron chi connectivity index (χ2n) is 10.1. The van der Waals surface area contributed by atoms with Gasteiger partial charge in [0.1, 0.15) is 29.5 Å². The third-order valence-electron chi connectivity index (χ3n) is 7.57. The zero-order chi connectivity index (χ0) is 26.2. The summed E-state index contributed by atoms with van der Waals surface area (Å²) in [7, 11) is 1.70. The minimum absolute atomic E-state index is 0. The first kappa shape index (κ1) is 29.8. The number of nitrogens with zero attached hydrogens (tertiary/aromatic N) is 4. The second-order valence-corrected chi connectivity index (χ2v) is 10.1. The Labute approximate surface area is 246 Å². The van der Waals surface area contributed by atoms with E-state index in [2.05, 4.69) is 58.4 Å². The smallest absolute Gasteiger partial charge is 0.141 e. The van der Waals surface area contributed by atoms with Crippen LogP contribution in [0.4, 0.5) is 0 Å². The maximum absolute atomic E-state index is 6.56. The molecule has 0 saturated carbocycles. The predicted molar refractivity (Wildman–Crippen MR) is 162 cm³/mol. The van der Waals surface area contributed by atoms with E-state index in [1.165, 1.54) is 5.56 Å². The van der Waals surface area contributed by atoms with Gasteiger partial charge < -0.3 is 23.9 Å². The molecule has 1 saturated heterocycles. The van der Waals surface area contributed by atoms with E-state index in [1.807, 2.05) is 26.1 Å². The maximum Gasteiger partial charge on any atom is 0.141 e. The number of aryl methyl sites for hydroxylation is 2. The van der Waals surface area contributed by atoms with Crippen LogP contribution in [0.25, 0.3) is 33.1 Å².